The summed E-state index contributed by atoms with van der Waals surface area (Å²) in [7, 11) is 2.84. The Balaban J connectivity index is 2.44. The summed E-state index contributed by atoms with van der Waals surface area (Å²) in [5, 5.41) is 0. The van der Waals surface area contributed by atoms with E-state index in [2.05, 4.69) is 4.74 Å². The zero-order valence-corrected chi connectivity index (χ0v) is 12.4. The van der Waals surface area contributed by atoms with Gasteiger partial charge in [0.25, 0.3) is 0 Å². The molecule has 2 aromatic carbocycles. The lowest BCUT2D eigenvalue weighted by atomic mass is 9.98. The number of rotatable bonds is 5. The van der Waals surface area contributed by atoms with Crippen molar-refractivity contribution in [1.29, 1.82) is 0 Å². The quantitative estimate of drug-likeness (QED) is 0.483. The number of carbonyl (C=O) groups excluding carboxylic acids is 2. The molecule has 0 aromatic heterocycles. The number of carbonyl (C=O) groups is 2. The maximum Gasteiger partial charge on any atom is 0.330 e. The number of hydrogen-bond acceptors (Lipinski definition) is 4. The van der Waals surface area contributed by atoms with E-state index in [-0.39, 0.29) is 5.78 Å². The van der Waals surface area contributed by atoms with Crippen molar-refractivity contribution in [3.8, 4) is 5.75 Å². The molecule has 2 rings (SSSR count). The molecule has 0 bridgehead atoms. The Labute approximate surface area is 129 Å². The first-order chi connectivity index (χ1) is 10.7. The average molecular weight is 296 g/mol. The van der Waals surface area contributed by atoms with Crippen LogP contribution in [-0.2, 0) is 9.53 Å². The second-order valence-electron chi connectivity index (χ2n) is 4.50. The molecule has 0 radical (unpaired) electrons. The number of ether oxygens (including phenoxy) is 2. The molecule has 0 aliphatic carbocycles. The molecule has 0 amide bonds. The van der Waals surface area contributed by atoms with Crippen LogP contribution in [0.4, 0.5) is 0 Å². The first-order valence-electron chi connectivity index (χ1n) is 6.69. The van der Waals surface area contributed by atoms with Gasteiger partial charge in [-0.15, -0.1) is 0 Å². The molecule has 0 fully saturated rings. The number of benzene rings is 2. The van der Waals surface area contributed by atoms with Gasteiger partial charge >= 0.3 is 5.97 Å². The molecule has 0 N–H and O–H groups in total. The molecule has 112 valence electrons. The van der Waals surface area contributed by atoms with E-state index in [1.54, 1.807) is 55.7 Å². The topological polar surface area (TPSA) is 52.6 Å². The van der Waals surface area contributed by atoms with Gasteiger partial charge in [0.1, 0.15) is 5.75 Å². The lowest BCUT2D eigenvalue weighted by molar-refractivity contribution is -0.134. The summed E-state index contributed by atoms with van der Waals surface area (Å²) in [5.74, 6) is 0.00262. The van der Waals surface area contributed by atoms with Crippen LogP contribution in [0.3, 0.4) is 0 Å². The molecule has 22 heavy (non-hydrogen) atoms. The third kappa shape index (κ3) is 3.61. The number of esters is 1. The minimum absolute atomic E-state index is 0.118. The van der Waals surface area contributed by atoms with Crippen LogP contribution in [0.2, 0.25) is 0 Å². The predicted octanol–water partition coefficient (Wildman–Crippen LogP) is 3.11. The smallest absolute Gasteiger partial charge is 0.330 e. The average Bonchev–Trinajstić information content (AvgIpc) is 2.59. The molecule has 0 aliphatic heterocycles. The summed E-state index contributed by atoms with van der Waals surface area (Å²) in [5.41, 5.74) is 1.67. The Bertz CT molecular complexity index is 702. The highest BCUT2D eigenvalue weighted by atomic mass is 16.5. The summed E-state index contributed by atoms with van der Waals surface area (Å²) in [4.78, 5) is 23.9. The number of ketones is 1. The summed E-state index contributed by atoms with van der Waals surface area (Å²) in [6, 6.07) is 14.1. The van der Waals surface area contributed by atoms with Crippen molar-refractivity contribution in [1.82, 2.24) is 0 Å². The molecule has 0 aliphatic rings. The molecule has 0 heterocycles. The highest BCUT2D eigenvalue weighted by molar-refractivity contribution is 6.11. The minimum Gasteiger partial charge on any atom is -0.497 e. The van der Waals surface area contributed by atoms with Gasteiger partial charge in [0.15, 0.2) is 5.78 Å². The molecule has 4 nitrogen and oxygen atoms in total. The van der Waals surface area contributed by atoms with E-state index in [1.807, 2.05) is 6.07 Å². The van der Waals surface area contributed by atoms with Crippen LogP contribution in [0.15, 0.2) is 54.6 Å². The third-order valence-electron chi connectivity index (χ3n) is 3.14. The van der Waals surface area contributed by atoms with Crippen molar-refractivity contribution in [2.45, 2.75) is 0 Å². The third-order valence-corrected chi connectivity index (χ3v) is 3.14. The van der Waals surface area contributed by atoms with E-state index in [4.69, 9.17) is 4.74 Å². The SMILES string of the molecule is COC(=O)/C=C/c1cc(OC)ccc1C(=O)c1ccccc1. The van der Waals surface area contributed by atoms with E-state index in [9.17, 15) is 9.59 Å². The maximum absolute atomic E-state index is 12.6. The van der Waals surface area contributed by atoms with E-state index in [0.717, 1.165) is 0 Å². The minimum atomic E-state index is -0.485. The Hall–Kier alpha value is -2.88. The Morgan fingerprint density at radius 3 is 2.36 bits per heavy atom. The normalized spacial score (nSPS) is 10.5. The summed E-state index contributed by atoms with van der Waals surface area (Å²) in [6.07, 6.45) is 2.82. The van der Waals surface area contributed by atoms with Gasteiger partial charge in [0.2, 0.25) is 0 Å². The van der Waals surface area contributed by atoms with E-state index in [0.29, 0.717) is 22.4 Å². The zero-order chi connectivity index (χ0) is 15.9. The Morgan fingerprint density at radius 2 is 1.73 bits per heavy atom. The van der Waals surface area contributed by atoms with Crippen LogP contribution < -0.4 is 4.74 Å². The fourth-order valence-corrected chi connectivity index (χ4v) is 1.98. The molecule has 0 saturated heterocycles. The number of hydrogen-bond donors (Lipinski definition) is 0. The van der Waals surface area contributed by atoms with Crippen molar-refractivity contribution in [3.63, 3.8) is 0 Å². The molecule has 0 atom stereocenters. The molecule has 4 heteroatoms. The highest BCUT2D eigenvalue weighted by Crippen LogP contribution is 2.22. The zero-order valence-electron chi connectivity index (χ0n) is 12.4. The van der Waals surface area contributed by atoms with E-state index in [1.165, 1.54) is 13.2 Å². The largest absolute Gasteiger partial charge is 0.497 e. The molecule has 2 aromatic rings. The number of methoxy groups -OCH3 is 2. The standard InChI is InChI=1S/C18H16O4/c1-21-15-9-10-16(14(12-15)8-11-17(19)22-2)18(20)13-6-4-3-5-7-13/h3-12H,1-2H3/b11-8+. The predicted molar refractivity (Wildman–Crippen MR) is 83.9 cm³/mol. The van der Waals surface area contributed by atoms with Crippen molar-refractivity contribution in [2.24, 2.45) is 0 Å². The van der Waals surface area contributed by atoms with Gasteiger partial charge in [-0.05, 0) is 29.8 Å². The van der Waals surface area contributed by atoms with Gasteiger partial charge in [-0.3, -0.25) is 4.79 Å². The molecule has 0 unspecified atom stereocenters. The molecule has 0 saturated carbocycles. The van der Waals surface area contributed by atoms with Crippen LogP contribution in [0.25, 0.3) is 6.08 Å². The molecule has 0 spiro atoms. The lowest BCUT2D eigenvalue weighted by Crippen LogP contribution is -2.04. The van der Waals surface area contributed by atoms with Crippen molar-refractivity contribution in [2.75, 3.05) is 14.2 Å². The van der Waals surface area contributed by atoms with E-state index >= 15 is 0 Å². The monoisotopic (exact) mass is 296 g/mol. The van der Waals surface area contributed by atoms with Gasteiger partial charge < -0.3 is 9.47 Å². The van der Waals surface area contributed by atoms with Crippen LogP contribution in [-0.4, -0.2) is 26.0 Å². The second-order valence-corrected chi connectivity index (χ2v) is 4.50. The van der Waals surface area contributed by atoms with Crippen LogP contribution in [0.5, 0.6) is 5.75 Å². The first-order valence-corrected chi connectivity index (χ1v) is 6.69. The fraction of sp³-hybridized carbons (Fsp3) is 0.111. The van der Waals surface area contributed by atoms with Gasteiger partial charge in [0, 0.05) is 17.2 Å². The van der Waals surface area contributed by atoms with Crippen molar-refractivity contribution < 1.29 is 19.1 Å². The second kappa shape index (κ2) is 7.22. The summed E-state index contributed by atoms with van der Waals surface area (Å²) < 4.78 is 9.74. The summed E-state index contributed by atoms with van der Waals surface area (Å²) >= 11 is 0. The van der Waals surface area contributed by atoms with Gasteiger partial charge in [-0.2, -0.15) is 0 Å². The van der Waals surface area contributed by atoms with Gasteiger partial charge in [-0.25, -0.2) is 4.79 Å². The van der Waals surface area contributed by atoms with Crippen molar-refractivity contribution >= 4 is 17.8 Å². The van der Waals surface area contributed by atoms with Crippen LogP contribution >= 0.6 is 0 Å². The Morgan fingerprint density at radius 1 is 1.00 bits per heavy atom. The fourth-order valence-electron chi connectivity index (χ4n) is 1.98. The van der Waals surface area contributed by atoms with E-state index < -0.39 is 5.97 Å². The Kier molecular flexibility index (Phi) is 5.09. The van der Waals surface area contributed by atoms with Crippen LogP contribution in [0, 0.1) is 0 Å². The first kappa shape index (κ1) is 15.5. The molecular weight excluding hydrogens is 280 g/mol. The summed E-state index contributed by atoms with van der Waals surface area (Å²) in [6.45, 7) is 0. The van der Waals surface area contributed by atoms with Gasteiger partial charge in [0.05, 0.1) is 14.2 Å². The molecular formula is C18H16O4. The van der Waals surface area contributed by atoms with Crippen molar-refractivity contribution in [3.05, 3.63) is 71.3 Å². The van der Waals surface area contributed by atoms with Gasteiger partial charge in [-0.1, -0.05) is 30.3 Å². The highest BCUT2D eigenvalue weighted by Gasteiger charge is 2.13. The lowest BCUT2D eigenvalue weighted by Gasteiger charge is -2.08. The van der Waals surface area contributed by atoms with Crippen LogP contribution in [0.1, 0.15) is 21.5 Å². The maximum atomic E-state index is 12.6.